The van der Waals surface area contributed by atoms with E-state index in [9.17, 15) is 0 Å². The lowest BCUT2D eigenvalue weighted by Gasteiger charge is -2.35. The zero-order valence-electron chi connectivity index (χ0n) is 8.60. The largest absolute Gasteiger partial charge is 0.296 e. The molecule has 0 saturated heterocycles. The third-order valence-electron chi connectivity index (χ3n) is 2.05. The molecule has 0 amide bonds. The van der Waals surface area contributed by atoms with E-state index in [0.29, 0.717) is 12.1 Å². The Morgan fingerprint density at radius 1 is 0.667 bits per heavy atom. The maximum absolute atomic E-state index is 6.38. The minimum absolute atomic E-state index is 0.660. The highest BCUT2D eigenvalue weighted by molar-refractivity contribution is 8.15. The van der Waals surface area contributed by atoms with Crippen molar-refractivity contribution in [3.63, 3.8) is 0 Å². The summed E-state index contributed by atoms with van der Waals surface area (Å²) < 4.78 is 0. The van der Waals surface area contributed by atoms with E-state index >= 15 is 0 Å². The Labute approximate surface area is 122 Å². The van der Waals surface area contributed by atoms with Crippen LogP contribution in [0.3, 0.4) is 0 Å². The molecule has 0 heterocycles. The van der Waals surface area contributed by atoms with E-state index in [1.807, 2.05) is 13.8 Å². The van der Waals surface area contributed by atoms with Crippen LogP contribution in [-0.2, 0) is 0 Å². The van der Waals surface area contributed by atoms with Gasteiger partial charge in [-0.05, 0) is 12.1 Å². The van der Waals surface area contributed by atoms with Crippen LogP contribution in [0.25, 0.3) is 0 Å². The lowest BCUT2D eigenvalue weighted by Crippen LogP contribution is -2.62. The first-order valence-electron chi connectivity index (χ1n) is 4.76. The molecule has 0 N–H and O–H groups in total. The molecule has 0 nitrogen and oxygen atoms in total. The van der Waals surface area contributed by atoms with Gasteiger partial charge in [-0.2, -0.15) is 0 Å². The van der Waals surface area contributed by atoms with Crippen LogP contribution in [0.1, 0.15) is 26.7 Å². The summed E-state index contributed by atoms with van der Waals surface area (Å²) in [5.74, 6) is 0. The van der Waals surface area contributed by atoms with Crippen LogP contribution in [0.4, 0.5) is 0 Å². The molecule has 0 spiro atoms. The number of hydrogen-bond donors (Lipinski definition) is 0. The van der Waals surface area contributed by atoms with Crippen molar-refractivity contribution in [2.45, 2.75) is 38.8 Å². The fourth-order valence-corrected chi connectivity index (χ4v) is 44.0. The van der Waals surface area contributed by atoms with Crippen molar-refractivity contribution in [1.29, 1.82) is 0 Å². The highest BCUT2D eigenvalue weighted by Crippen LogP contribution is 2.48. The minimum Gasteiger partial charge on any atom is -0.147 e. The van der Waals surface area contributed by atoms with Gasteiger partial charge in [-0.15, -0.1) is 66.5 Å². The molecule has 0 fully saturated rings. The smallest absolute Gasteiger partial charge is 0.147 e. The van der Waals surface area contributed by atoms with Gasteiger partial charge in [0, 0.05) is 0 Å². The van der Waals surface area contributed by atoms with Crippen LogP contribution in [0, 0.1) is 0 Å². The van der Waals surface area contributed by atoms with Crippen LogP contribution < -0.4 is 0 Å². The molecule has 0 aliphatic rings. The van der Waals surface area contributed by atoms with E-state index in [-0.39, 0.29) is 0 Å². The summed E-state index contributed by atoms with van der Waals surface area (Å²) in [5, 5.41) is 0. The monoisotopic (exact) mass is 380 g/mol. The van der Waals surface area contributed by atoms with Gasteiger partial charge < -0.3 is 0 Å². The van der Waals surface area contributed by atoms with Gasteiger partial charge in [0.05, 0.1) is 0 Å². The predicted molar refractivity (Wildman–Crippen MR) is 82.6 cm³/mol. The Morgan fingerprint density at radius 2 is 0.933 bits per heavy atom. The summed E-state index contributed by atoms with van der Waals surface area (Å²) in [6.45, 7) is 3.99. The van der Waals surface area contributed by atoms with Crippen molar-refractivity contribution in [1.82, 2.24) is 0 Å². The highest BCUT2D eigenvalue weighted by Gasteiger charge is 2.66. The molecule has 0 unspecified atom stereocenters. The van der Waals surface area contributed by atoms with Gasteiger partial charge in [-0.25, -0.2) is 0 Å². The molecule has 0 radical (unpaired) electrons. The molecule has 9 heteroatoms. The summed E-state index contributed by atoms with van der Waals surface area (Å²) >= 11 is 38.0. The second-order valence-electron chi connectivity index (χ2n) is 3.48. The molecule has 0 aromatic carbocycles. The Balaban J connectivity index is 4.93. The average Bonchev–Trinajstić information content (AvgIpc) is 2.03. The maximum Gasteiger partial charge on any atom is 0.296 e. The van der Waals surface area contributed by atoms with Crippen molar-refractivity contribution in [3.8, 4) is 0 Å². The Hall–Kier alpha value is 2.39. The van der Waals surface area contributed by atoms with Crippen LogP contribution in [0.5, 0.6) is 0 Å². The molecule has 0 aliphatic carbocycles. The van der Waals surface area contributed by atoms with E-state index in [1.165, 1.54) is 0 Å². The normalized spacial score (nSPS) is 14.4. The molecule has 0 atom stereocenters. The SMILES string of the molecule is CCC[Si](Cl)(Cl)[Si](Cl)(Cl)[Si](Cl)(Cl)CCC. The highest BCUT2D eigenvalue weighted by atomic mass is 35.8. The lowest BCUT2D eigenvalue weighted by molar-refractivity contribution is 1.07. The van der Waals surface area contributed by atoms with Crippen molar-refractivity contribution in [3.05, 3.63) is 0 Å². The van der Waals surface area contributed by atoms with E-state index < -0.39 is 18.2 Å². The summed E-state index contributed by atoms with van der Waals surface area (Å²) in [6, 6.07) is 1.32. The van der Waals surface area contributed by atoms with Crippen molar-refractivity contribution in [2.75, 3.05) is 0 Å². The van der Waals surface area contributed by atoms with E-state index in [2.05, 4.69) is 0 Å². The predicted octanol–water partition coefficient (Wildman–Crippen LogP) is 5.72. The fraction of sp³-hybridized carbons (Fsp3) is 1.00. The van der Waals surface area contributed by atoms with Crippen molar-refractivity contribution in [2.24, 2.45) is 0 Å². The second-order valence-corrected chi connectivity index (χ2v) is 40.1. The molecule has 0 aromatic heterocycles. The zero-order valence-corrected chi connectivity index (χ0v) is 16.1. The quantitative estimate of drug-likeness (QED) is 0.406. The Morgan fingerprint density at radius 3 is 1.13 bits per heavy atom. The summed E-state index contributed by atoms with van der Waals surface area (Å²) in [6.07, 6.45) is -3.67. The van der Waals surface area contributed by atoms with E-state index in [0.717, 1.165) is 12.8 Å². The van der Waals surface area contributed by atoms with Gasteiger partial charge >= 0.3 is 0 Å². The fourth-order valence-electron chi connectivity index (χ4n) is 1.21. The van der Waals surface area contributed by atoms with Gasteiger partial charge in [0.25, 0.3) is 18.2 Å². The number of halogens is 6. The summed E-state index contributed by atoms with van der Waals surface area (Å²) in [5.41, 5.74) is -2.92. The lowest BCUT2D eigenvalue weighted by atomic mass is 10.6. The van der Waals surface area contributed by atoms with Crippen LogP contribution in [0.2, 0.25) is 12.1 Å². The van der Waals surface area contributed by atoms with E-state index in [1.54, 1.807) is 0 Å². The van der Waals surface area contributed by atoms with E-state index in [4.69, 9.17) is 66.5 Å². The first-order chi connectivity index (χ1) is 6.62. The molecule has 92 valence electrons. The molecular weight excluding hydrogens is 369 g/mol. The maximum atomic E-state index is 6.38. The molecule has 15 heavy (non-hydrogen) atoms. The zero-order chi connectivity index (χ0) is 12.3. The molecule has 0 rings (SSSR count). The third kappa shape index (κ3) is 4.21. The Kier molecular flexibility index (Phi) is 7.57. The second kappa shape index (κ2) is 6.53. The van der Waals surface area contributed by atoms with Gasteiger partial charge in [0.1, 0.15) is 0 Å². The number of rotatable bonds is 6. The van der Waals surface area contributed by atoms with Gasteiger partial charge in [0.2, 0.25) is 0 Å². The van der Waals surface area contributed by atoms with Crippen molar-refractivity contribution >= 4 is 84.6 Å². The molecule has 0 aromatic rings. The molecule has 0 bridgehead atoms. The Bertz CT molecular complexity index is 187. The topological polar surface area (TPSA) is 0 Å². The van der Waals surface area contributed by atoms with Crippen LogP contribution in [-0.4, -0.2) is 18.2 Å². The number of hydrogen-bond acceptors (Lipinski definition) is 0. The third-order valence-corrected chi connectivity index (χ3v) is 57.6. The summed E-state index contributed by atoms with van der Waals surface area (Å²) in [7, 11) is 0. The average molecular weight is 383 g/mol. The van der Waals surface area contributed by atoms with Gasteiger partial charge in [-0.3, -0.25) is 0 Å². The first kappa shape index (κ1) is 17.4. The van der Waals surface area contributed by atoms with Crippen LogP contribution in [0.15, 0.2) is 0 Å². The molecular formula is C6H14Cl6Si3. The van der Waals surface area contributed by atoms with Crippen LogP contribution >= 0.6 is 66.5 Å². The summed E-state index contributed by atoms with van der Waals surface area (Å²) in [4.78, 5) is 0. The first-order valence-corrected chi connectivity index (χ1v) is 19.2. The van der Waals surface area contributed by atoms with Crippen molar-refractivity contribution < 1.29 is 0 Å². The standard InChI is InChI=1S/C6H14Cl6Si3/c1-3-5-13(7,8)15(11,12)14(9,10)6-4-2/h3-6H2,1-2H3. The van der Waals surface area contributed by atoms with Gasteiger partial charge in [-0.1, -0.05) is 26.7 Å². The minimum atomic E-state index is -2.92. The van der Waals surface area contributed by atoms with Gasteiger partial charge in [0.15, 0.2) is 0 Å². The molecule has 0 saturated carbocycles. The molecule has 0 aliphatic heterocycles.